The number of aromatic carboxylic acids is 1. The molecule has 1 rings (SSSR count). The van der Waals surface area contributed by atoms with E-state index in [4.69, 9.17) is 4.74 Å². The SMILES string of the molecule is CNc1nc(C(C)(C)C)c(CCC(=O)NCCSSCCNC(=O)OC(C)(C)C)cc1C(=O)O. The molecular formula is C23H38N4O5S2. The molecule has 34 heavy (non-hydrogen) atoms. The first-order chi connectivity index (χ1) is 15.7. The molecule has 1 aromatic heterocycles. The number of aryl methyl sites for hydroxylation is 1. The third-order valence-corrected chi connectivity index (χ3v) is 6.75. The summed E-state index contributed by atoms with van der Waals surface area (Å²) in [6.07, 6.45) is 0.236. The van der Waals surface area contributed by atoms with Crippen LogP contribution in [0.15, 0.2) is 6.07 Å². The molecule has 0 saturated heterocycles. The Balaban J connectivity index is 2.41. The number of nitrogens with zero attached hydrogens (tertiary/aromatic N) is 1. The van der Waals surface area contributed by atoms with Gasteiger partial charge < -0.3 is 25.8 Å². The van der Waals surface area contributed by atoms with Crippen molar-refractivity contribution in [2.45, 2.75) is 65.4 Å². The van der Waals surface area contributed by atoms with Gasteiger partial charge in [0.1, 0.15) is 17.0 Å². The number of carboxylic acid groups (broad SMARTS) is 1. The van der Waals surface area contributed by atoms with Gasteiger partial charge in [0.25, 0.3) is 0 Å². The van der Waals surface area contributed by atoms with Crippen molar-refractivity contribution in [3.63, 3.8) is 0 Å². The Bertz CT molecular complexity index is 851. The maximum atomic E-state index is 12.3. The lowest BCUT2D eigenvalue weighted by Gasteiger charge is -2.23. The summed E-state index contributed by atoms with van der Waals surface area (Å²) >= 11 is 0. The molecular weight excluding hydrogens is 476 g/mol. The van der Waals surface area contributed by atoms with Crippen molar-refractivity contribution >= 4 is 45.4 Å². The maximum Gasteiger partial charge on any atom is 0.407 e. The maximum absolute atomic E-state index is 12.3. The molecule has 9 nitrogen and oxygen atoms in total. The number of ether oxygens (including phenoxy) is 1. The van der Waals surface area contributed by atoms with Gasteiger partial charge in [-0.3, -0.25) is 4.79 Å². The molecule has 4 N–H and O–H groups in total. The van der Waals surface area contributed by atoms with E-state index in [1.807, 2.05) is 41.5 Å². The number of hydrogen-bond donors (Lipinski definition) is 4. The van der Waals surface area contributed by atoms with Crippen LogP contribution in [0.1, 0.15) is 69.6 Å². The fraction of sp³-hybridized carbons (Fsp3) is 0.652. The Morgan fingerprint density at radius 3 is 2.12 bits per heavy atom. The van der Waals surface area contributed by atoms with Crippen LogP contribution in [0.3, 0.4) is 0 Å². The highest BCUT2D eigenvalue weighted by Gasteiger charge is 2.24. The van der Waals surface area contributed by atoms with Gasteiger partial charge in [0.2, 0.25) is 5.91 Å². The smallest absolute Gasteiger partial charge is 0.407 e. The van der Waals surface area contributed by atoms with Crippen LogP contribution in [-0.2, 0) is 21.4 Å². The molecule has 11 heteroatoms. The third-order valence-electron chi connectivity index (χ3n) is 4.34. The van der Waals surface area contributed by atoms with Crippen molar-refractivity contribution in [2.75, 3.05) is 37.0 Å². The Morgan fingerprint density at radius 2 is 1.62 bits per heavy atom. The second kappa shape index (κ2) is 13.7. The normalized spacial score (nSPS) is 11.6. The van der Waals surface area contributed by atoms with Crippen molar-refractivity contribution in [3.05, 3.63) is 22.9 Å². The van der Waals surface area contributed by atoms with E-state index < -0.39 is 17.7 Å². The molecule has 0 fully saturated rings. The summed E-state index contributed by atoms with van der Waals surface area (Å²) in [6.45, 7) is 12.5. The summed E-state index contributed by atoms with van der Waals surface area (Å²) in [5.74, 6) is 0.638. The van der Waals surface area contributed by atoms with Gasteiger partial charge in [-0.25, -0.2) is 14.6 Å². The van der Waals surface area contributed by atoms with Gasteiger partial charge in [0.05, 0.1) is 5.69 Å². The first-order valence-electron chi connectivity index (χ1n) is 11.2. The second-order valence-corrected chi connectivity index (χ2v) is 12.3. The minimum atomic E-state index is -1.06. The molecule has 0 aliphatic heterocycles. The van der Waals surface area contributed by atoms with Gasteiger partial charge in [0, 0.05) is 43.5 Å². The molecule has 1 heterocycles. The fourth-order valence-electron chi connectivity index (χ4n) is 2.94. The minimum Gasteiger partial charge on any atom is -0.478 e. The van der Waals surface area contributed by atoms with Crippen molar-refractivity contribution in [2.24, 2.45) is 0 Å². The number of carboxylic acids is 1. The Morgan fingerprint density at radius 1 is 1.03 bits per heavy atom. The largest absolute Gasteiger partial charge is 0.478 e. The van der Waals surface area contributed by atoms with Crippen molar-refractivity contribution < 1.29 is 24.2 Å². The zero-order chi connectivity index (χ0) is 25.9. The quantitative estimate of drug-likeness (QED) is 0.241. The van der Waals surface area contributed by atoms with Crippen LogP contribution in [-0.4, -0.2) is 65.3 Å². The van der Waals surface area contributed by atoms with Gasteiger partial charge in [-0.2, -0.15) is 0 Å². The highest BCUT2D eigenvalue weighted by molar-refractivity contribution is 8.76. The van der Waals surface area contributed by atoms with Gasteiger partial charge in [0.15, 0.2) is 0 Å². The van der Waals surface area contributed by atoms with Crippen molar-refractivity contribution in [1.29, 1.82) is 0 Å². The lowest BCUT2D eigenvalue weighted by Crippen LogP contribution is -2.33. The molecule has 1 aromatic rings. The molecule has 0 saturated carbocycles. The van der Waals surface area contributed by atoms with Crippen molar-refractivity contribution in [1.82, 2.24) is 15.6 Å². The number of carbonyl (C=O) groups excluding carboxylic acids is 2. The lowest BCUT2D eigenvalue weighted by molar-refractivity contribution is -0.120. The molecule has 0 bridgehead atoms. The molecule has 0 unspecified atom stereocenters. The highest BCUT2D eigenvalue weighted by Crippen LogP contribution is 2.29. The van der Waals surface area contributed by atoms with E-state index in [-0.39, 0.29) is 23.3 Å². The van der Waals surface area contributed by atoms with Crippen LogP contribution in [0, 0.1) is 0 Å². The van der Waals surface area contributed by atoms with E-state index in [0.717, 1.165) is 22.8 Å². The van der Waals surface area contributed by atoms with Gasteiger partial charge in [-0.05, 0) is 38.8 Å². The van der Waals surface area contributed by atoms with E-state index >= 15 is 0 Å². The first kappa shape index (κ1) is 29.9. The number of aromatic nitrogens is 1. The fourth-order valence-corrected chi connectivity index (χ4v) is 4.76. The van der Waals surface area contributed by atoms with Gasteiger partial charge in [-0.15, -0.1) is 0 Å². The molecule has 0 aromatic carbocycles. The predicted octanol–water partition coefficient (Wildman–Crippen LogP) is 4.07. The summed E-state index contributed by atoms with van der Waals surface area (Å²) in [5.41, 5.74) is 0.841. The molecule has 0 spiro atoms. The number of amides is 2. The number of hydrogen-bond acceptors (Lipinski definition) is 8. The summed E-state index contributed by atoms with van der Waals surface area (Å²) in [7, 11) is 4.87. The summed E-state index contributed by atoms with van der Waals surface area (Å²) in [4.78, 5) is 40.0. The van der Waals surface area contributed by atoms with Gasteiger partial charge >= 0.3 is 12.1 Å². The van der Waals surface area contributed by atoms with Crippen molar-refractivity contribution in [3.8, 4) is 0 Å². The number of carbonyl (C=O) groups is 3. The summed E-state index contributed by atoms with van der Waals surface area (Å²) < 4.78 is 5.17. The van der Waals surface area contributed by atoms with E-state index in [1.54, 1.807) is 34.7 Å². The predicted molar refractivity (Wildman–Crippen MR) is 140 cm³/mol. The summed E-state index contributed by atoms with van der Waals surface area (Å²) in [5, 5.41) is 17.9. The molecule has 2 amide bonds. The highest BCUT2D eigenvalue weighted by atomic mass is 33.1. The first-order valence-corrected chi connectivity index (χ1v) is 13.7. The monoisotopic (exact) mass is 514 g/mol. The van der Waals surface area contributed by atoms with Crippen LogP contribution in [0.5, 0.6) is 0 Å². The van der Waals surface area contributed by atoms with Gasteiger partial charge in [-0.1, -0.05) is 42.4 Å². The number of rotatable bonds is 12. The Labute approximate surface area is 210 Å². The van der Waals surface area contributed by atoms with Crippen LogP contribution in [0.4, 0.5) is 10.6 Å². The molecule has 192 valence electrons. The third kappa shape index (κ3) is 11.3. The lowest BCUT2D eigenvalue weighted by atomic mass is 9.86. The average Bonchev–Trinajstić information content (AvgIpc) is 2.71. The van der Waals surface area contributed by atoms with Crippen LogP contribution in [0.25, 0.3) is 0 Å². The molecule has 0 aliphatic rings. The van der Waals surface area contributed by atoms with Crippen LogP contribution in [0.2, 0.25) is 0 Å². The summed E-state index contributed by atoms with van der Waals surface area (Å²) in [6, 6.07) is 1.62. The Hall–Kier alpha value is -2.14. The number of alkyl carbamates (subject to hydrolysis) is 1. The Kier molecular flexibility index (Phi) is 12.0. The topological polar surface area (TPSA) is 130 Å². The zero-order valence-corrected chi connectivity index (χ0v) is 22.8. The number of nitrogens with one attached hydrogen (secondary N) is 3. The molecule has 0 radical (unpaired) electrons. The zero-order valence-electron chi connectivity index (χ0n) is 21.2. The van der Waals surface area contributed by atoms with E-state index in [1.165, 1.54) is 0 Å². The number of anilines is 1. The number of pyridine rings is 1. The van der Waals surface area contributed by atoms with E-state index in [9.17, 15) is 19.5 Å². The van der Waals surface area contributed by atoms with E-state index in [0.29, 0.717) is 25.3 Å². The van der Waals surface area contributed by atoms with Crippen LogP contribution >= 0.6 is 21.6 Å². The van der Waals surface area contributed by atoms with E-state index in [2.05, 4.69) is 20.9 Å². The standard InChI is InChI=1S/C23H38N4O5S2/c1-22(2,3)18-15(14-16(20(29)30)19(24-7)27-18)8-9-17(28)25-10-12-33-34-13-11-26-21(31)32-23(4,5)6/h14H,8-13H2,1-7H3,(H,24,27)(H,25,28)(H,26,31)(H,29,30). The van der Waals surface area contributed by atoms with Crippen LogP contribution < -0.4 is 16.0 Å². The molecule has 0 aliphatic carbocycles. The average molecular weight is 515 g/mol. The second-order valence-electron chi connectivity index (χ2n) is 9.62. The minimum absolute atomic E-state index is 0.0911. The molecule has 0 atom stereocenters.